The fraction of sp³-hybridized carbons (Fsp3) is 0.429. The normalized spacial score (nSPS) is 18.1. The number of ketones is 1. The Morgan fingerprint density at radius 2 is 2.16 bits per heavy atom. The maximum absolute atomic E-state index is 11.9. The van der Waals surface area contributed by atoms with Crippen molar-refractivity contribution in [3.63, 3.8) is 0 Å². The van der Waals surface area contributed by atoms with Crippen molar-refractivity contribution in [2.24, 2.45) is 0 Å². The Kier molecular flexibility index (Phi) is 4.16. The number of carbonyl (C=O) groups excluding carboxylic acids is 2. The summed E-state index contributed by atoms with van der Waals surface area (Å²) in [6, 6.07) is 4.77. The summed E-state index contributed by atoms with van der Waals surface area (Å²) in [6.07, 6.45) is 0.960. The molecule has 0 N–H and O–H groups in total. The van der Waals surface area contributed by atoms with Gasteiger partial charge in [0.2, 0.25) is 0 Å². The topological polar surface area (TPSA) is 61.8 Å². The first-order chi connectivity index (χ1) is 9.11. The van der Waals surface area contributed by atoms with Crippen molar-refractivity contribution < 1.29 is 23.8 Å². The van der Waals surface area contributed by atoms with Gasteiger partial charge in [0, 0.05) is 12.7 Å². The predicted molar refractivity (Wildman–Crippen MR) is 67.6 cm³/mol. The van der Waals surface area contributed by atoms with Gasteiger partial charge in [0.1, 0.15) is 11.5 Å². The molecule has 102 valence electrons. The molecule has 1 fully saturated rings. The molecule has 1 heterocycles. The minimum absolute atomic E-state index is 0.169. The number of ether oxygens (including phenoxy) is 3. The molecule has 2 rings (SSSR count). The second-order valence-electron chi connectivity index (χ2n) is 4.34. The molecule has 19 heavy (non-hydrogen) atoms. The highest BCUT2D eigenvalue weighted by molar-refractivity contribution is 5.98. The first kappa shape index (κ1) is 13.5. The van der Waals surface area contributed by atoms with E-state index in [2.05, 4.69) is 0 Å². The fourth-order valence-electron chi connectivity index (χ4n) is 1.94. The summed E-state index contributed by atoms with van der Waals surface area (Å²) in [7, 11) is 1.51. The number of methoxy groups -OCH3 is 1. The molecule has 0 bridgehead atoms. The Bertz CT molecular complexity index is 489. The van der Waals surface area contributed by atoms with Crippen LogP contribution in [0, 0.1) is 0 Å². The molecule has 0 aromatic heterocycles. The van der Waals surface area contributed by atoms with Gasteiger partial charge in [0.05, 0.1) is 12.7 Å². The van der Waals surface area contributed by atoms with E-state index in [0.29, 0.717) is 24.3 Å². The Morgan fingerprint density at radius 3 is 2.74 bits per heavy atom. The predicted octanol–water partition coefficient (Wildman–Crippen LogP) is 1.98. The van der Waals surface area contributed by atoms with Crippen LogP contribution in [0.2, 0.25) is 0 Å². The third-order valence-electron chi connectivity index (χ3n) is 2.97. The van der Waals surface area contributed by atoms with Crippen molar-refractivity contribution in [1.29, 1.82) is 0 Å². The Hall–Kier alpha value is -1.88. The van der Waals surface area contributed by atoms with Crippen molar-refractivity contribution in [2.45, 2.75) is 25.9 Å². The smallest absolute Gasteiger partial charge is 0.340 e. The standard InChI is InChI=1S/C14H16O5/c1-9(15)11-6-5-10(17-2)8-13(11)19-14(16)12-4-3-7-18-12/h5-6,8,12H,3-4,7H2,1-2H3. The van der Waals surface area contributed by atoms with Crippen molar-refractivity contribution in [3.8, 4) is 11.5 Å². The summed E-state index contributed by atoms with van der Waals surface area (Å²) >= 11 is 0. The fourth-order valence-corrected chi connectivity index (χ4v) is 1.94. The Balaban J connectivity index is 2.21. The molecule has 0 amide bonds. The summed E-state index contributed by atoms with van der Waals surface area (Å²) in [5, 5.41) is 0. The van der Waals surface area contributed by atoms with Crippen LogP contribution in [0.25, 0.3) is 0 Å². The molecule has 1 aliphatic rings. The molecule has 1 atom stereocenters. The van der Waals surface area contributed by atoms with Crippen LogP contribution in [0.15, 0.2) is 18.2 Å². The van der Waals surface area contributed by atoms with E-state index in [1.165, 1.54) is 20.1 Å². The van der Waals surface area contributed by atoms with Crippen molar-refractivity contribution in [3.05, 3.63) is 23.8 Å². The highest BCUT2D eigenvalue weighted by Gasteiger charge is 2.26. The highest BCUT2D eigenvalue weighted by atomic mass is 16.6. The molecule has 1 aliphatic heterocycles. The van der Waals surface area contributed by atoms with Gasteiger partial charge in [-0.15, -0.1) is 0 Å². The highest BCUT2D eigenvalue weighted by Crippen LogP contribution is 2.26. The molecular formula is C14H16O5. The van der Waals surface area contributed by atoms with E-state index in [0.717, 1.165) is 6.42 Å². The number of benzene rings is 1. The Labute approximate surface area is 111 Å². The van der Waals surface area contributed by atoms with E-state index in [1.54, 1.807) is 12.1 Å². The lowest BCUT2D eigenvalue weighted by Gasteiger charge is -2.12. The van der Waals surface area contributed by atoms with Crippen LogP contribution in [0.4, 0.5) is 0 Å². The lowest BCUT2D eigenvalue weighted by molar-refractivity contribution is -0.144. The van der Waals surface area contributed by atoms with Gasteiger partial charge in [-0.2, -0.15) is 0 Å². The van der Waals surface area contributed by atoms with Crippen LogP contribution >= 0.6 is 0 Å². The van der Waals surface area contributed by atoms with Gasteiger partial charge in [-0.3, -0.25) is 4.79 Å². The SMILES string of the molecule is COc1ccc(C(C)=O)c(OC(=O)C2CCCO2)c1. The summed E-state index contributed by atoms with van der Waals surface area (Å²) in [5.41, 5.74) is 0.354. The second kappa shape index (κ2) is 5.84. The quantitative estimate of drug-likeness (QED) is 0.473. The van der Waals surface area contributed by atoms with E-state index in [4.69, 9.17) is 14.2 Å². The average Bonchev–Trinajstić information content (AvgIpc) is 2.92. The molecule has 1 aromatic rings. The lowest BCUT2D eigenvalue weighted by atomic mass is 10.1. The first-order valence-electron chi connectivity index (χ1n) is 6.14. The monoisotopic (exact) mass is 264 g/mol. The van der Waals surface area contributed by atoms with Gasteiger partial charge >= 0.3 is 5.97 Å². The van der Waals surface area contributed by atoms with Gasteiger partial charge in [-0.1, -0.05) is 0 Å². The number of hydrogen-bond acceptors (Lipinski definition) is 5. The summed E-state index contributed by atoms with van der Waals surface area (Å²) in [5.74, 6) is 0.110. The van der Waals surface area contributed by atoms with Crippen LogP contribution in [0.1, 0.15) is 30.1 Å². The number of carbonyl (C=O) groups is 2. The van der Waals surface area contributed by atoms with Crippen molar-refractivity contribution in [2.75, 3.05) is 13.7 Å². The van der Waals surface area contributed by atoms with Crippen LogP contribution in [0.3, 0.4) is 0 Å². The van der Waals surface area contributed by atoms with Crippen LogP contribution in [-0.4, -0.2) is 31.6 Å². The van der Waals surface area contributed by atoms with Crippen LogP contribution in [-0.2, 0) is 9.53 Å². The maximum atomic E-state index is 11.9. The number of rotatable bonds is 4. The Morgan fingerprint density at radius 1 is 1.37 bits per heavy atom. The van der Waals surface area contributed by atoms with E-state index >= 15 is 0 Å². The van der Waals surface area contributed by atoms with Gasteiger partial charge < -0.3 is 14.2 Å². The van der Waals surface area contributed by atoms with Crippen molar-refractivity contribution >= 4 is 11.8 Å². The maximum Gasteiger partial charge on any atom is 0.340 e. The van der Waals surface area contributed by atoms with Gasteiger partial charge in [0.25, 0.3) is 0 Å². The number of esters is 1. The third-order valence-corrected chi connectivity index (χ3v) is 2.97. The molecule has 1 unspecified atom stereocenters. The van der Waals surface area contributed by atoms with Crippen molar-refractivity contribution in [1.82, 2.24) is 0 Å². The lowest BCUT2D eigenvalue weighted by Crippen LogP contribution is -2.25. The molecule has 5 heteroatoms. The van der Waals surface area contributed by atoms with Gasteiger partial charge in [-0.25, -0.2) is 4.79 Å². The van der Waals surface area contributed by atoms with E-state index in [-0.39, 0.29) is 11.5 Å². The van der Waals surface area contributed by atoms with Gasteiger partial charge in [0.15, 0.2) is 11.9 Å². The minimum atomic E-state index is -0.536. The molecule has 0 aliphatic carbocycles. The zero-order valence-electron chi connectivity index (χ0n) is 11.0. The largest absolute Gasteiger partial charge is 0.497 e. The molecule has 0 radical (unpaired) electrons. The summed E-state index contributed by atoms with van der Waals surface area (Å²) < 4.78 is 15.6. The molecular weight excluding hydrogens is 248 g/mol. The first-order valence-corrected chi connectivity index (χ1v) is 6.14. The number of Topliss-reactive ketones (excluding diaryl/α,β-unsaturated/α-hetero) is 1. The molecule has 0 saturated carbocycles. The zero-order valence-corrected chi connectivity index (χ0v) is 11.0. The van der Waals surface area contributed by atoms with E-state index in [1.807, 2.05) is 0 Å². The second-order valence-corrected chi connectivity index (χ2v) is 4.34. The van der Waals surface area contributed by atoms with Gasteiger partial charge in [-0.05, 0) is 31.9 Å². The van der Waals surface area contributed by atoms with E-state index in [9.17, 15) is 9.59 Å². The zero-order chi connectivity index (χ0) is 13.8. The third kappa shape index (κ3) is 3.12. The van der Waals surface area contributed by atoms with Crippen LogP contribution < -0.4 is 9.47 Å². The molecule has 1 saturated heterocycles. The molecule has 1 aromatic carbocycles. The number of hydrogen-bond donors (Lipinski definition) is 0. The molecule has 0 spiro atoms. The summed E-state index contributed by atoms with van der Waals surface area (Å²) in [4.78, 5) is 23.4. The van der Waals surface area contributed by atoms with E-state index < -0.39 is 12.1 Å². The summed E-state index contributed by atoms with van der Waals surface area (Å²) in [6.45, 7) is 1.99. The molecule has 5 nitrogen and oxygen atoms in total. The minimum Gasteiger partial charge on any atom is -0.497 e. The average molecular weight is 264 g/mol. The van der Waals surface area contributed by atoms with Crippen LogP contribution in [0.5, 0.6) is 11.5 Å².